The third-order valence-corrected chi connectivity index (χ3v) is 4.90. The van der Waals surface area contributed by atoms with Crippen LogP contribution in [-0.2, 0) is 17.6 Å². The molecule has 2 amide bonds. The molecular formula is C18H20N4O2. The molecule has 1 aliphatic heterocycles. The van der Waals surface area contributed by atoms with Crippen LogP contribution < -0.4 is 5.32 Å². The van der Waals surface area contributed by atoms with Crippen molar-refractivity contribution >= 4 is 11.8 Å². The predicted octanol–water partition coefficient (Wildman–Crippen LogP) is 1.22. The maximum Gasteiger partial charge on any atom is 0.272 e. The zero-order valence-corrected chi connectivity index (χ0v) is 13.6. The molecule has 2 aliphatic rings. The number of hydrogen-bond donors (Lipinski definition) is 2. The predicted molar refractivity (Wildman–Crippen MR) is 88.5 cm³/mol. The zero-order chi connectivity index (χ0) is 16.7. The molecule has 0 bridgehead atoms. The molecule has 4 rings (SSSR count). The Morgan fingerprint density at radius 1 is 1.25 bits per heavy atom. The molecule has 1 aliphatic carbocycles. The average molecular weight is 324 g/mol. The van der Waals surface area contributed by atoms with E-state index in [0.717, 1.165) is 18.5 Å². The van der Waals surface area contributed by atoms with E-state index in [-0.39, 0.29) is 23.9 Å². The van der Waals surface area contributed by atoms with Crippen LogP contribution >= 0.6 is 0 Å². The molecule has 0 spiro atoms. The molecule has 2 aromatic rings. The molecule has 1 fully saturated rings. The van der Waals surface area contributed by atoms with Gasteiger partial charge in [-0.3, -0.25) is 14.7 Å². The van der Waals surface area contributed by atoms with Crippen LogP contribution in [0.2, 0.25) is 0 Å². The Kier molecular flexibility index (Phi) is 3.59. The normalized spacial score (nSPS) is 20.5. The van der Waals surface area contributed by atoms with Gasteiger partial charge in [0, 0.05) is 24.7 Å². The van der Waals surface area contributed by atoms with Crippen molar-refractivity contribution in [2.24, 2.45) is 0 Å². The number of nitrogens with one attached hydrogen (secondary N) is 2. The second-order valence-corrected chi connectivity index (χ2v) is 6.69. The highest BCUT2D eigenvalue weighted by molar-refractivity contribution is 5.93. The minimum atomic E-state index is -0.228. The average Bonchev–Trinajstić information content (AvgIpc) is 3.25. The van der Waals surface area contributed by atoms with Gasteiger partial charge in [-0.15, -0.1) is 0 Å². The van der Waals surface area contributed by atoms with Gasteiger partial charge in [-0.2, -0.15) is 5.10 Å². The zero-order valence-electron chi connectivity index (χ0n) is 13.6. The van der Waals surface area contributed by atoms with Crippen molar-refractivity contribution in [3.8, 4) is 0 Å². The number of likely N-dealkylation sites (tertiary alicyclic amines) is 1. The maximum absolute atomic E-state index is 12.4. The van der Waals surface area contributed by atoms with Gasteiger partial charge in [0.1, 0.15) is 5.69 Å². The summed E-state index contributed by atoms with van der Waals surface area (Å²) in [6.45, 7) is 2.43. The Labute approximate surface area is 140 Å². The SMILES string of the molecule is Cc1cc(C(=O)N[C@@H]2CC(=O)N(C3Cc4ccccc4C3)C2)n[nH]1. The molecule has 0 saturated carbocycles. The van der Waals surface area contributed by atoms with Crippen molar-refractivity contribution in [3.05, 3.63) is 52.8 Å². The van der Waals surface area contributed by atoms with Gasteiger partial charge < -0.3 is 10.2 Å². The highest BCUT2D eigenvalue weighted by atomic mass is 16.2. The summed E-state index contributed by atoms with van der Waals surface area (Å²) in [5, 5.41) is 9.65. The first-order chi connectivity index (χ1) is 11.6. The van der Waals surface area contributed by atoms with Crippen LogP contribution in [0, 0.1) is 6.92 Å². The summed E-state index contributed by atoms with van der Waals surface area (Å²) < 4.78 is 0. The number of hydrogen-bond acceptors (Lipinski definition) is 3. The highest BCUT2D eigenvalue weighted by Crippen LogP contribution is 2.28. The Morgan fingerprint density at radius 2 is 1.96 bits per heavy atom. The molecule has 1 aromatic heterocycles. The van der Waals surface area contributed by atoms with E-state index in [0.29, 0.717) is 18.7 Å². The van der Waals surface area contributed by atoms with Crippen LogP contribution in [0.5, 0.6) is 0 Å². The van der Waals surface area contributed by atoms with E-state index in [9.17, 15) is 9.59 Å². The van der Waals surface area contributed by atoms with Crippen molar-refractivity contribution in [3.63, 3.8) is 0 Å². The van der Waals surface area contributed by atoms with E-state index < -0.39 is 0 Å². The molecule has 0 radical (unpaired) electrons. The minimum absolute atomic E-state index is 0.122. The number of aromatic nitrogens is 2. The fourth-order valence-electron chi connectivity index (χ4n) is 3.73. The summed E-state index contributed by atoms with van der Waals surface area (Å²) in [6.07, 6.45) is 2.17. The van der Waals surface area contributed by atoms with E-state index in [4.69, 9.17) is 0 Å². The molecule has 1 saturated heterocycles. The topological polar surface area (TPSA) is 78.1 Å². The number of H-pyrrole nitrogens is 1. The van der Waals surface area contributed by atoms with E-state index in [2.05, 4.69) is 27.6 Å². The van der Waals surface area contributed by atoms with Gasteiger partial charge >= 0.3 is 0 Å². The Balaban J connectivity index is 1.40. The summed E-state index contributed by atoms with van der Waals surface area (Å²) >= 11 is 0. The first-order valence-electron chi connectivity index (χ1n) is 8.29. The van der Waals surface area contributed by atoms with Crippen molar-refractivity contribution in [1.82, 2.24) is 20.4 Å². The lowest BCUT2D eigenvalue weighted by atomic mass is 10.1. The maximum atomic E-state index is 12.4. The lowest BCUT2D eigenvalue weighted by molar-refractivity contribution is -0.129. The van der Waals surface area contributed by atoms with E-state index in [1.165, 1.54) is 11.1 Å². The molecule has 24 heavy (non-hydrogen) atoms. The lowest BCUT2D eigenvalue weighted by Gasteiger charge is -2.24. The van der Waals surface area contributed by atoms with Crippen molar-refractivity contribution in [2.45, 2.75) is 38.3 Å². The van der Waals surface area contributed by atoms with Gasteiger partial charge in [-0.25, -0.2) is 0 Å². The van der Waals surface area contributed by atoms with Gasteiger partial charge in [0.15, 0.2) is 0 Å². The number of aromatic amines is 1. The number of amides is 2. The second kappa shape index (κ2) is 5.78. The van der Waals surface area contributed by atoms with Crippen LogP contribution in [0.25, 0.3) is 0 Å². The first-order valence-corrected chi connectivity index (χ1v) is 8.29. The summed E-state index contributed by atoms with van der Waals surface area (Å²) in [6, 6.07) is 10.1. The largest absolute Gasteiger partial charge is 0.346 e. The van der Waals surface area contributed by atoms with Crippen LogP contribution in [0.15, 0.2) is 30.3 Å². The fraction of sp³-hybridized carbons (Fsp3) is 0.389. The fourth-order valence-corrected chi connectivity index (χ4v) is 3.73. The van der Waals surface area contributed by atoms with Gasteiger partial charge in [-0.1, -0.05) is 24.3 Å². The third-order valence-electron chi connectivity index (χ3n) is 4.90. The molecular weight excluding hydrogens is 304 g/mol. The van der Waals surface area contributed by atoms with Gasteiger partial charge in [0.05, 0.1) is 6.04 Å². The number of benzene rings is 1. The molecule has 2 heterocycles. The number of carbonyl (C=O) groups is 2. The molecule has 6 heteroatoms. The van der Waals surface area contributed by atoms with E-state index >= 15 is 0 Å². The summed E-state index contributed by atoms with van der Waals surface area (Å²) in [7, 11) is 0. The molecule has 6 nitrogen and oxygen atoms in total. The summed E-state index contributed by atoms with van der Waals surface area (Å²) in [4.78, 5) is 26.5. The van der Waals surface area contributed by atoms with Gasteiger partial charge in [0.25, 0.3) is 5.91 Å². The molecule has 1 aromatic carbocycles. The Bertz CT molecular complexity index is 773. The van der Waals surface area contributed by atoms with Gasteiger partial charge in [0.2, 0.25) is 5.91 Å². The monoisotopic (exact) mass is 324 g/mol. The van der Waals surface area contributed by atoms with Gasteiger partial charge in [-0.05, 0) is 37.0 Å². The van der Waals surface area contributed by atoms with Crippen LogP contribution in [-0.4, -0.2) is 45.5 Å². The number of rotatable bonds is 3. The summed E-state index contributed by atoms with van der Waals surface area (Å²) in [5.41, 5.74) is 3.87. The van der Waals surface area contributed by atoms with Crippen molar-refractivity contribution in [1.29, 1.82) is 0 Å². The van der Waals surface area contributed by atoms with Crippen LogP contribution in [0.4, 0.5) is 0 Å². The summed E-state index contributed by atoms with van der Waals surface area (Å²) in [5.74, 6) is -0.106. The molecule has 1 atom stereocenters. The van der Waals surface area contributed by atoms with E-state index in [1.807, 2.05) is 24.0 Å². The number of carbonyl (C=O) groups excluding carboxylic acids is 2. The van der Waals surface area contributed by atoms with Crippen LogP contribution in [0.3, 0.4) is 0 Å². The van der Waals surface area contributed by atoms with Crippen LogP contribution in [0.1, 0.15) is 33.7 Å². The number of nitrogens with zero attached hydrogens (tertiary/aromatic N) is 2. The molecule has 2 N–H and O–H groups in total. The smallest absolute Gasteiger partial charge is 0.272 e. The number of aryl methyl sites for hydroxylation is 1. The quantitative estimate of drug-likeness (QED) is 0.891. The Hall–Kier alpha value is -2.63. The number of fused-ring (bicyclic) bond motifs is 1. The Morgan fingerprint density at radius 3 is 2.58 bits per heavy atom. The molecule has 0 unspecified atom stereocenters. The highest BCUT2D eigenvalue weighted by Gasteiger charge is 2.37. The third kappa shape index (κ3) is 2.68. The minimum Gasteiger partial charge on any atom is -0.346 e. The van der Waals surface area contributed by atoms with Crippen molar-refractivity contribution in [2.75, 3.05) is 6.54 Å². The van der Waals surface area contributed by atoms with E-state index in [1.54, 1.807) is 6.07 Å². The lowest BCUT2D eigenvalue weighted by Crippen LogP contribution is -2.41. The molecule has 124 valence electrons. The van der Waals surface area contributed by atoms with Crippen molar-refractivity contribution < 1.29 is 9.59 Å². The standard InChI is InChI=1S/C18H20N4O2/c1-11-6-16(21-20-11)18(24)19-14-9-17(23)22(10-14)15-7-12-4-2-3-5-13(12)8-15/h2-6,14-15H,7-10H2,1H3,(H,19,24)(H,20,21)/t14-/m1/s1. The first kappa shape index (κ1) is 14.9. The second-order valence-electron chi connectivity index (χ2n) is 6.69.